The van der Waals surface area contributed by atoms with Crippen molar-refractivity contribution in [2.24, 2.45) is 11.8 Å². The number of amides is 1. The molecule has 1 aromatic heterocycles. The minimum Gasteiger partial charge on any atom is -0.352 e. The molecule has 3 atom stereocenters. The van der Waals surface area contributed by atoms with Crippen LogP contribution in [0.1, 0.15) is 38.7 Å². The van der Waals surface area contributed by atoms with Crippen molar-refractivity contribution in [1.29, 1.82) is 0 Å². The topological polar surface area (TPSA) is 46.9 Å². The number of carbonyl (C=O) groups is 1. The second-order valence-corrected chi connectivity index (χ2v) is 9.23. The van der Waals surface area contributed by atoms with Gasteiger partial charge in [0.1, 0.15) is 0 Å². The Labute approximate surface area is 177 Å². The van der Waals surface area contributed by atoms with Crippen molar-refractivity contribution in [1.82, 2.24) is 14.9 Å². The maximum absolute atomic E-state index is 12.7. The molecule has 1 amide bonds. The summed E-state index contributed by atoms with van der Waals surface area (Å²) < 4.78 is 2.15. The van der Waals surface area contributed by atoms with Crippen molar-refractivity contribution in [2.75, 3.05) is 5.75 Å². The van der Waals surface area contributed by atoms with Gasteiger partial charge in [-0.1, -0.05) is 68.3 Å². The van der Waals surface area contributed by atoms with Crippen molar-refractivity contribution in [2.45, 2.75) is 51.2 Å². The zero-order valence-electron chi connectivity index (χ0n) is 17.4. The normalized spacial score (nSPS) is 22.0. The number of rotatable bonds is 5. The largest absolute Gasteiger partial charge is 0.352 e. The highest BCUT2D eigenvalue weighted by molar-refractivity contribution is 7.99. The van der Waals surface area contributed by atoms with Crippen LogP contribution in [0.4, 0.5) is 0 Å². The Kier molecular flexibility index (Phi) is 5.95. The SMILES string of the molecule is Cc1ccc(-n2c(SCC(=O)N[C@@H]3CCC[C@H](C)[C@@H]3C)nc3ccccc32)cc1. The predicted octanol–water partition coefficient (Wildman–Crippen LogP) is 5.37. The molecule has 0 spiro atoms. The second-order valence-electron chi connectivity index (χ2n) is 8.28. The van der Waals surface area contributed by atoms with E-state index in [1.165, 1.54) is 30.2 Å². The van der Waals surface area contributed by atoms with Crippen LogP contribution < -0.4 is 5.32 Å². The zero-order valence-corrected chi connectivity index (χ0v) is 18.2. The quantitative estimate of drug-likeness (QED) is 0.579. The van der Waals surface area contributed by atoms with Gasteiger partial charge in [0.15, 0.2) is 5.16 Å². The van der Waals surface area contributed by atoms with Crippen molar-refractivity contribution in [3.05, 3.63) is 54.1 Å². The fourth-order valence-electron chi connectivity index (χ4n) is 4.21. The molecule has 0 aliphatic heterocycles. The third kappa shape index (κ3) is 4.35. The summed E-state index contributed by atoms with van der Waals surface area (Å²) in [6, 6.07) is 16.9. The highest BCUT2D eigenvalue weighted by Gasteiger charge is 2.28. The molecule has 4 nitrogen and oxygen atoms in total. The summed E-state index contributed by atoms with van der Waals surface area (Å²) >= 11 is 1.51. The van der Waals surface area contributed by atoms with Gasteiger partial charge in [-0.3, -0.25) is 9.36 Å². The number of hydrogen-bond acceptors (Lipinski definition) is 3. The lowest BCUT2D eigenvalue weighted by molar-refractivity contribution is -0.120. The van der Waals surface area contributed by atoms with Gasteiger partial charge in [-0.05, 0) is 49.4 Å². The zero-order chi connectivity index (χ0) is 20.4. The molecule has 29 heavy (non-hydrogen) atoms. The van der Waals surface area contributed by atoms with Crippen LogP contribution >= 0.6 is 11.8 Å². The molecular weight excluding hydrogens is 378 g/mol. The molecule has 5 heteroatoms. The maximum atomic E-state index is 12.7. The van der Waals surface area contributed by atoms with Crippen LogP contribution in [0.5, 0.6) is 0 Å². The van der Waals surface area contributed by atoms with E-state index < -0.39 is 0 Å². The van der Waals surface area contributed by atoms with Crippen LogP contribution in [-0.2, 0) is 4.79 Å². The van der Waals surface area contributed by atoms with Crippen LogP contribution in [0.2, 0.25) is 0 Å². The van der Waals surface area contributed by atoms with Gasteiger partial charge in [-0.25, -0.2) is 4.98 Å². The molecule has 1 saturated carbocycles. The van der Waals surface area contributed by atoms with Gasteiger partial charge >= 0.3 is 0 Å². The highest BCUT2D eigenvalue weighted by Crippen LogP contribution is 2.30. The maximum Gasteiger partial charge on any atom is 0.230 e. The summed E-state index contributed by atoms with van der Waals surface area (Å²) in [6.07, 6.45) is 3.56. The standard InChI is InChI=1S/C24H29N3OS/c1-16-11-13-19(14-12-16)27-22-10-5-4-8-21(22)26-24(27)29-15-23(28)25-20-9-6-7-17(2)18(20)3/h4-5,8,10-14,17-18,20H,6-7,9,15H2,1-3H3,(H,25,28)/t17-,18-,20+/m0/s1. The smallest absolute Gasteiger partial charge is 0.230 e. The first kappa shape index (κ1) is 20.0. The Morgan fingerprint density at radius 2 is 1.90 bits per heavy atom. The molecule has 0 unspecified atom stereocenters. The Balaban J connectivity index is 1.52. The number of fused-ring (bicyclic) bond motifs is 1. The highest BCUT2D eigenvalue weighted by atomic mass is 32.2. The summed E-state index contributed by atoms with van der Waals surface area (Å²) in [5, 5.41) is 4.13. The Bertz CT molecular complexity index is 995. The van der Waals surface area contributed by atoms with Gasteiger partial charge in [0.2, 0.25) is 5.91 Å². The van der Waals surface area contributed by atoms with E-state index in [-0.39, 0.29) is 5.91 Å². The molecule has 1 fully saturated rings. The van der Waals surface area contributed by atoms with E-state index in [0.717, 1.165) is 28.3 Å². The fraction of sp³-hybridized carbons (Fsp3) is 0.417. The number of imidazole rings is 1. The van der Waals surface area contributed by atoms with E-state index in [2.05, 4.69) is 61.0 Å². The van der Waals surface area contributed by atoms with E-state index in [1.54, 1.807) is 0 Å². The number of nitrogens with zero attached hydrogens (tertiary/aromatic N) is 2. The minimum absolute atomic E-state index is 0.100. The monoisotopic (exact) mass is 407 g/mol. The third-order valence-electron chi connectivity index (χ3n) is 6.21. The van der Waals surface area contributed by atoms with Crippen molar-refractivity contribution in [3.8, 4) is 5.69 Å². The predicted molar refractivity (Wildman–Crippen MR) is 121 cm³/mol. The molecule has 1 aliphatic carbocycles. The van der Waals surface area contributed by atoms with E-state index in [1.807, 2.05) is 18.2 Å². The van der Waals surface area contributed by atoms with Crippen LogP contribution in [0, 0.1) is 18.8 Å². The van der Waals surface area contributed by atoms with Gasteiger partial charge in [-0.2, -0.15) is 0 Å². The van der Waals surface area contributed by atoms with Crippen molar-refractivity contribution < 1.29 is 4.79 Å². The second kappa shape index (κ2) is 8.62. The minimum atomic E-state index is 0.100. The Hall–Kier alpha value is -2.27. The van der Waals surface area contributed by atoms with Crippen LogP contribution in [-0.4, -0.2) is 27.3 Å². The summed E-state index contributed by atoms with van der Waals surface area (Å²) in [5.74, 6) is 1.69. The first-order valence-corrected chi connectivity index (χ1v) is 11.5. The molecule has 152 valence electrons. The molecule has 3 aromatic rings. The molecule has 4 rings (SSSR count). The van der Waals surface area contributed by atoms with E-state index in [9.17, 15) is 4.79 Å². The molecule has 2 aromatic carbocycles. The molecule has 1 aliphatic rings. The molecule has 0 saturated heterocycles. The lowest BCUT2D eigenvalue weighted by Gasteiger charge is -2.34. The van der Waals surface area contributed by atoms with E-state index >= 15 is 0 Å². The number of benzene rings is 2. The first-order chi connectivity index (χ1) is 14.0. The molecule has 1 N–H and O–H groups in total. The van der Waals surface area contributed by atoms with Gasteiger partial charge < -0.3 is 5.32 Å². The first-order valence-electron chi connectivity index (χ1n) is 10.5. The lowest BCUT2D eigenvalue weighted by Crippen LogP contribution is -2.44. The van der Waals surface area contributed by atoms with Crippen LogP contribution in [0.25, 0.3) is 16.7 Å². The number of nitrogens with one attached hydrogen (secondary N) is 1. The Morgan fingerprint density at radius 1 is 1.14 bits per heavy atom. The van der Waals surface area contributed by atoms with E-state index in [0.29, 0.717) is 23.6 Å². The number of para-hydroxylation sites is 2. The lowest BCUT2D eigenvalue weighted by atomic mass is 9.78. The van der Waals surface area contributed by atoms with Gasteiger partial charge in [0.25, 0.3) is 0 Å². The number of carbonyl (C=O) groups excluding carboxylic acids is 1. The van der Waals surface area contributed by atoms with Crippen LogP contribution in [0.3, 0.4) is 0 Å². The molecule has 0 bridgehead atoms. The average Bonchev–Trinajstić information content (AvgIpc) is 3.09. The van der Waals surface area contributed by atoms with Crippen molar-refractivity contribution >= 4 is 28.7 Å². The summed E-state index contributed by atoms with van der Waals surface area (Å²) in [6.45, 7) is 6.64. The van der Waals surface area contributed by atoms with Gasteiger partial charge in [0.05, 0.1) is 16.8 Å². The number of thioether (sulfide) groups is 1. The number of hydrogen-bond donors (Lipinski definition) is 1. The molecule has 0 radical (unpaired) electrons. The van der Waals surface area contributed by atoms with E-state index in [4.69, 9.17) is 4.98 Å². The van der Waals surface area contributed by atoms with Gasteiger partial charge in [0, 0.05) is 11.7 Å². The number of aryl methyl sites for hydroxylation is 1. The Morgan fingerprint density at radius 3 is 2.69 bits per heavy atom. The summed E-state index contributed by atoms with van der Waals surface area (Å²) in [7, 11) is 0. The van der Waals surface area contributed by atoms with Crippen LogP contribution in [0.15, 0.2) is 53.7 Å². The number of aromatic nitrogens is 2. The summed E-state index contributed by atoms with van der Waals surface area (Å²) in [4.78, 5) is 17.5. The summed E-state index contributed by atoms with van der Waals surface area (Å²) in [5.41, 5.74) is 4.31. The third-order valence-corrected chi connectivity index (χ3v) is 7.15. The molecule has 1 heterocycles. The van der Waals surface area contributed by atoms with Gasteiger partial charge in [-0.15, -0.1) is 0 Å². The average molecular weight is 408 g/mol. The molecular formula is C24H29N3OS. The fourth-order valence-corrected chi connectivity index (χ4v) is 5.05. The van der Waals surface area contributed by atoms with Crippen molar-refractivity contribution in [3.63, 3.8) is 0 Å².